The van der Waals surface area contributed by atoms with E-state index in [2.05, 4.69) is 5.32 Å². The van der Waals surface area contributed by atoms with Gasteiger partial charge in [0, 0.05) is 0 Å². The number of carbonyl (C=O) groups excluding carboxylic acids is 2. The molecule has 2 amide bonds. The third-order valence-corrected chi connectivity index (χ3v) is 3.90. The summed E-state index contributed by atoms with van der Waals surface area (Å²) in [5.41, 5.74) is 0.749. The maximum Gasteiger partial charge on any atom is 0.290 e. The minimum absolute atomic E-state index is 0.0884. The number of rotatable bonds is 4. The van der Waals surface area contributed by atoms with Crippen molar-refractivity contribution >= 4 is 40.6 Å². The third-order valence-electron chi connectivity index (χ3n) is 2.80. The third kappa shape index (κ3) is 3.55. The fourth-order valence-corrected chi connectivity index (χ4v) is 2.49. The van der Waals surface area contributed by atoms with E-state index in [1.165, 1.54) is 0 Å². The van der Waals surface area contributed by atoms with Gasteiger partial charge in [0.15, 0.2) is 0 Å². The molecular weight excluding hydrogens is 298 g/mol. The van der Waals surface area contributed by atoms with Crippen LogP contribution < -0.4 is 10.1 Å². The number of imide groups is 1. The van der Waals surface area contributed by atoms with Crippen molar-refractivity contribution in [2.45, 2.75) is 26.4 Å². The number of benzene rings is 1. The Hall–Kier alpha value is -1.46. The van der Waals surface area contributed by atoms with Gasteiger partial charge in [-0.15, -0.1) is 0 Å². The second kappa shape index (κ2) is 6.33. The van der Waals surface area contributed by atoms with Crippen molar-refractivity contribution < 1.29 is 14.3 Å². The number of amides is 2. The quantitative estimate of drug-likeness (QED) is 0.858. The molecule has 1 aliphatic heterocycles. The minimum atomic E-state index is -0.379. The average Bonchev–Trinajstić information content (AvgIpc) is 2.71. The van der Waals surface area contributed by atoms with E-state index in [9.17, 15) is 9.59 Å². The molecule has 1 aliphatic rings. The van der Waals surface area contributed by atoms with Gasteiger partial charge in [0.2, 0.25) is 0 Å². The van der Waals surface area contributed by atoms with Crippen molar-refractivity contribution in [1.29, 1.82) is 0 Å². The van der Waals surface area contributed by atoms with Gasteiger partial charge in [0.1, 0.15) is 5.75 Å². The molecule has 0 aromatic heterocycles. The van der Waals surface area contributed by atoms with Crippen LogP contribution in [0.15, 0.2) is 23.1 Å². The van der Waals surface area contributed by atoms with Crippen LogP contribution in [0.2, 0.25) is 5.02 Å². The largest absolute Gasteiger partial charge is 0.489 e. The molecular formula is C14H14ClNO3S. The van der Waals surface area contributed by atoms with E-state index < -0.39 is 0 Å². The Labute approximate surface area is 126 Å². The Morgan fingerprint density at radius 3 is 2.75 bits per heavy atom. The van der Waals surface area contributed by atoms with E-state index in [1.54, 1.807) is 24.3 Å². The first-order valence-corrected chi connectivity index (χ1v) is 7.40. The Balaban J connectivity index is 2.19. The van der Waals surface area contributed by atoms with Crippen molar-refractivity contribution in [2.75, 3.05) is 0 Å². The standard InChI is InChI=1S/C14H14ClNO3S/c1-3-8(2)19-11-5-4-9(6-10(11)15)7-12-13(17)16-14(18)20-12/h4-8H,3H2,1-2H3,(H,16,17,18)/b12-7+. The van der Waals surface area contributed by atoms with Crippen LogP contribution in [0.1, 0.15) is 25.8 Å². The molecule has 0 radical (unpaired) electrons. The number of ether oxygens (including phenoxy) is 1. The van der Waals surface area contributed by atoms with Crippen molar-refractivity contribution in [2.24, 2.45) is 0 Å². The molecule has 1 unspecified atom stereocenters. The second-order valence-corrected chi connectivity index (χ2v) is 5.80. The molecule has 1 aromatic rings. The summed E-state index contributed by atoms with van der Waals surface area (Å²) in [7, 11) is 0. The summed E-state index contributed by atoms with van der Waals surface area (Å²) in [5.74, 6) is 0.235. The number of hydrogen-bond donors (Lipinski definition) is 1. The number of halogens is 1. The first-order chi connectivity index (χ1) is 9.49. The van der Waals surface area contributed by atoms with E-state index in [0.29, 0.717) is 15.7 Å². The van der Waals surface area contributed by atoms with Crippen LogP contribution >= 0.6 is 23.4 Å². The molecule has 106 valence electrons. The molecule has 1 N–H and O–H groups in total. The molecule has 2 rings (SSSR count). The van der Waals surface area contributed by atoms with Crippen LogP contribution in [0.5, 0.6) is 5.75 Å². The molecule has 0 bridgehead atoms. The van der Waals surface area contributed by atoms with Gasteiger partial charge in [-0.25, -0.2) is 0 Å². The van der Waals surface area contributed by atoms with Crippen molar-refractivity contribution in [3.8, 4) is 5.75 Å². The number of carbonyl (C=O) groups is 2. The maximum atomic E-state index is 11.4. The molecule has 1 atom stereocenters. The molecule has 0 aliphatic carbocycles. The highest BCUT2D eigenvalue weighted by Crippen LogP contribution is 2.30. The molecule has 20 heavy (non-hydrogen) atoms. The van der Waals surface area contributed by atoms with E-state index >= 15 is 0 Å². The lowest BCUT2D eigenvalue weighted by molar-refractivity contribution is -0.115. The second-order valence-electron chi connectivity index (χ2n) is 4.38. The predicted molar refractivity (Wildman–Crippen MR) is 80.9 cm³/mol. The predicted octanol–water partition coefficient (Wildman–Crippen LogP) is 3.84. The first-order valence-electron chi connectivity index (χ1n) is 6.20. The van der Waals surface area contributed by atoms with Crippen molar-refractivity contribution in [3.63, 3.8) is 0 Å². The van der Waals surface area contributed by atoms with Crippen LogP contribution in [-0.2, 0) is 4.79 Å². The summed E-state index contributed by atoms with van der Waals surface area (Å²) in [5, 5.41) is 2.33. The molecule has 1 fully saturated rings. The number of nitrogens with one attached hydrogen (secondary N) is 1. The zero-order chi connectivity index (χ0) is 14.7. The van der Waals surface area contributed by atoms with Crippen LogP contribution in [0.4, 0.5) is 4.79 Å². The van der Waals surface area contributed by atoms with Gasteiger partial charge in [-0.3, -0.25) is 14.9 Å². The van der Waals surface area contributed by atoms with Gasteiger partial charge in [0.25, 0.3) is 11.1 Å². The summed E-state index contributed by atoms with van der Waals surface area (Å²) in [6, 6.07) is 5.27. The summed E-state index contributed by atoms with van der Waals surface area (Å²) in [4.78, 5) is 22.9. The van der Waals surface area contributed by atoms with Gasteiger partial charge in [-0.05, 0) is 48.9 Å². The van der Waals surface area contributed by atoms with E-state index in [1.807, 2.05) is 13.8 Å². The van der Waals surface area contributed by atoms with E-state index in [0.717, 1.165) is 23.7 Å². The molecule has 1 saturated heterocycles. The summed E-state index contributed by atoms with van der Waals surface area (Å²) in [6.07, 6.45) is 2.61. The average molecular weight is 312 g/mol. The normalized spacial score (nSPS) is 18.2. The number of thioether (sulfide) groups is 1. The Bertz CT molecular complexity index is 586. The SMILES string of the molecule is CCC(C)Oc1ccc(/C=C2/SC(=O)NC2=O)cc1Cl. The highest BCUT2D eigenvalue weighted by Gasteiger charge is 2.24. The van der Waals surface area contributed by atoms with E-state index in [4.69, 9.17) is 16.3 Å². The van der Waals surface area contributed by atoms with E-state index in [-0.39, 0.29) is 17.3 Å². The Morgan fingerprint density at radius 1 is 1.45 bits per heavy atom. The lowest BCUT2D eigenvalue weighted by Gasteiger charge is -2.14. The summed E-state index contributed by atoms with van der Waals surface area (Å²) in [6.45, 7) is 4.00. The van der Waals surface area contributed by atoms with Gasteiger partial charge >= 0.3 is 0 Å². The van der Waals surface area contributed by atoms with Gasteiger partial charge in [-0.1, -0.05) is 24.6 Å². The maximum absolute atomic E-state index is 11.4. The van der Waals surface area contributed by atoms with Gasteiger partial charge in [0.05, 0.1) is 16.0 Å². The number of hydrogen-bond acceptors (Lipinski definition) is 4. The van der Waals surface area contributed by atoms with Crippen LogP contribution in [0.25, 0.3) is 6.08 Å². The lowest BCUT2D eigenvalue weighted by Crippen LogP contribution is -2.17. The van der Waals surface area contributed by atoms with Crippen molar-refractivity contribution in [1.82, 2.24) is 5.32 Å². The zero-order valence-corrected chi connectivity index (χ0v) is 12.7. The van der Waals surface area contributed by atoms with Gasteiger partial charge in [-0.2, -0.15) is 0 Å². The zero-order valence-electron chi connectivity index (χ0n) is 11.1. The monoisotopic (exact) mass is 311 g/mol. The summed E-state index contributed by atoms with van der Waals surface area (Å²) < 4.78 is 5.67. The molecule has 1 heterocycles. The van der Waals surface area contributed by atoms with Crippen LogP contribution in [-0.4, -0.2) is 17.3 Å². The van der Waals surface area contributed by atoms with Crippen LogP contribution in [0.3, 0.4) is 0 Å². The first kappa shape index (κ1) is 14.9. The molecule has 0 saturated carbocycles. The minimum Gasteiger partial charge on any atom is -0.489 e. The fourth-order valence-electron chi connectivity index (χ4n) is 1.57. The van der Waals surface area contributed by atoms with Crippen molar-refractivity contribution in [3.05, 3.63) is 33.7 Å². The highest BCUT2D eigenvalue weighted by atomic mass is 35.5. The van der Waals surface area contributed by atoms with Crippen LogP contribution in [0, 0.1) is 0 Å². The molecule has 4 nitrogen and oxygen atoms in total. The summed E-state index contributed by atoms with van der Waals surface area (Å²) >= 11 is 7.03. The Kier molecular flexibility index (Phi) is 4.73. The fraction of sp³-hybridized carbons (Fsp3) is 0.286. The smallest absolute Gasteiger partial charge is 0.290 e. The molecule has 0 spiro atoms. The highest BCUT2D eigenvalue weighted by molar-refractivity contribution is 8.18. The Morgan fingerprint density at radius 2 is 2.20 bits per heavy atom. The lowest BCUT2D eigenvalue weighted by atomic mass is 10.2. The molecule has 1 aromatic carbocycles. The molecule has 6 heteroatoms. The topological polar surface area (TPSA) is 55.4 Å². The van der Waals surface area contributed by atoms with Gasteiger partial charge < -0.3 is 4.74 Å².